The Bertz CT molecular complexity index is 1250. The maximum absolute atomic E-state index is 13.7. The molecule has 0 unspecified atom stereocenters. The Labute approximate surface area is 245 Å². The predicted molar refractivity (Wildman–Crippen MR) is 156 cm³/mol. The highest BCUT2D eigenvalue weighted by atomic mass is 31.2. The number of piperazine rings is 1. The summed E-state index contributed by atoms with van der Waals surface area (Å²) in [6.07, 6.45) is -1.48. The normalized spacial score (nSPS) is 14.4. The van der Waals surface area contributed by atoms with Gasteiger partial charge in [0.05, 0.1) is 26.0 Å². The van der Waals surface area contributed by atoms with Gasteiger partial charge in [-0.3, -0.25) is 14.2 Å². The first-order chi connectivity index (χ1) is 20.1. The second kappa shape index (κ2) is 15.6. The van der Waals surface area contributed by atoms with Gasteiger partial charge in [0.1, 0.15) is 17.6 Å². The molecule has 0 bridgehead atoms. The first-order valence-corrected chi connectivity index (χ1v) is 15.4. The van der Waals surface area contributed by atoms with E-state index in [0.717, 1.165) is 0 Å². The van der Waals surface area contributed by atoms with Gasteiger partial charge < -0.3 is 38.9 Å². The van der Waals surface area contributed by atoms with Crippen molar-refractivity contribution in [2.24, 2.45) is 0 Å². The smallest absolute Gasteiger partial charge is 0.407 e. The fraction of sp³-hybridized carbons (Fsp3) is 0.519. The number of aromatic nitrogens is 2. The Balaban J connectivity index is 1.95. The lowest BCUT2D eigenvalue weighted by atomic mass is 10.2. The lowest BCUT2D eigenvalue weighted by Crippen LogP contribution is -2.56. The lowest BCUT2D eigenvalue weighted by Gasteiger charge is -2.35. The number of anilines is 1. The van der Waals surface area contributed by atoms with Crippen molar-refractivity contribution in [1.29, 1.82) is 0 Å². The standard InChI is InChI=1S/C27H39N6O8P/c1-5-40-42(38,41-6-2)19-22(26(35)32-12-14-33(15-13-32)27(36)37)29-25(34)21-18-23(31(3)16-17-39-4)30-24(28-21)20-10-8-7-9-11-20/h7-11,18,22H,5-6,12-17,19H2,1-4H3,(H,29,34)(H,36,37)/t22-/m0/s1. The van der Waals surface area contributed by atoms with E-state index >= 15 is 0 Å². The number of benzene rings is 1. The van der Waals surface area contributed by atoms with Gasteiger partial charge in [-0.2, -0.15) is 0 Å². The Morgan fingerprint density at radius 2 is 1.67 bits per heavy atom. The van der Waals surface area contributed by atoms with E-state index in [0.29, 0.717) is 30.4 Å². The van der Waals surface area contributed by atoms with Gasteiger partial charge in [0.25, 0.3) is 5.91 Å². The Morgan fingerprint density at radius 1 is 1.05 bits per heavy atom. The first-order valence-electron chi connectivity index (χ1n) is 13.7. The Hall–Kier alpha value is -3.58. The zero-order chi connectivity index (χ0) is 30.7. The van der Waals surface area contributed by atoms with Crippen LogP contribution in [0.25, 0.3) is 11.4 Å². The number of nitrogens with zero attached hydrogens (tertiary/aromatic N) is 5. The minimum atomic E-state index is -3.77. The summed E-state index contributed by atoms with van der Waals surface area (Å²) in [4.78, 5) is 52.2. The van der Waals surface area contributed by atoms with Crippen molar-refractivity contribution >= 4 is 31.3 Å². The van der Waals surface area contributed by atoms with Crippen molar-refractivity contribution in [2.45, 2.75) is 19.9 Å². The third kappa shape index (κ3) is 8.96. The van der Waals surface area contributed by atoms with Gasteiger partial charge in [0.2, 0.25) is 5.91 Å². The quantitative estimate of drug-likeness (QED) is 0.304. The summed E-state index contributed by atoms with van der Waals surface area (Å²) < 4.78 is 29.5. The first kappa shape index (κ1) is 32.9. The van der Waals surface area contributed by atoms with Crippen LogP contribution in [-0.2, 0) is 23.1 Å². The highest BCUT2D eigenvalue weighted by Gasteiger charge is 2.37. The number of methoxy groups -OCH3 is 1. The Morgan fingerprint density at radius 3 is 2.24 bits per heavy atom. The van der Waals surface area contributed by atoms with Gasteiger partial charge in [0.15, 0.2) is 5.82 Å². The number of likely N-dealkylation sites (N-methyl/N-ethyl adjacent to an activating group) is 1. The van der Waals surface area contributed by atoms with E-state index in [4.69, 9.17) is 13.8 Å². The SMILES string of the molecule is CCOP(=O)(C[C@H](NC(=O)c1cc(N(C)CCOC)nc(-c2ccccc2)n1)C(=O)N1CCN(C(=O)O)CC1)OCC. The van der Waals surface area contributed by atoms with E-state index in [1.165, 1.54) is 15.9 Å². The summed E-state index contributed by atoms with van der Waals surface area (Å²) in [6, 6.07) is 9.37. The largest absolute Gasteiger partial charge is 0.465 e. The maximum Gasteiger partial charge on any atom is 0.407 e. The van der Waals surface area contributed by atoms with Gasteiger partial charge in [0, 0.05) is 58.5 Å². The topological polar surface area (TPSA) is 164 Å². The summed E-state index contributed by atoms with van der Waals surface area (Å²) in [7, 11) is -0.379. The highest BCUT2D eigenvalue weighted by Crippen LogP contribution is 2.48. The van der Waals surface area contributed by atoms with E-state index in [1.807, 2.05) is 35.2 Å². The number of carboxylic acid groups (broad SMARTS) is 1. The molecule has 42 heavy (non-hydrogen) atoms. The second-order valence-electron chi connectivity index (χ2n) is 9.47. The van der Waals surface area contributed by atoms with Gasteiger partial charge in [-0.15, -0.1) is 0 Å². The van der Waals surface area contributed by atoms with Crippen LogP contribution in [0.3, 0.4) is 0 Å². The number of amides is 3. The third-order valence-corrected chi connectivity index (χ3v) is 8.64. The molecule has 2 heterocycles. The van der Waals surface area contributed by atoms with Crippen LogP contribution in [0.2, 0.25) is 0 Å². The molecule has 2 aromatic rings. The average molecular weight is 607 g/mol. The van der Waals surface area contributed by atoms with Gasteiger partial charge in [-0.05, 0) is 13.8 Å². The molecule has 3 rings (SSSR count). The molecule has 0 saturated carbocycles. The predicted octanol–water partition coefficient (Wildman–Crippen LogP) is 2.41. The van der Waals surface area contributed by atoms with Crippen LogP contribution < -0.4 is 10.2 Å². The number of carbonyl (C=O) groups is 3. The van der Waals surface area contributed by atoms with Crippen molar-refractivity contribution in [3.63, 3.8) is 0 Å². The third-order valence-electron chi connectivity index (χ3n) is 6.52. The second-order valence-corrected chi connectivity index (χ2v) is 11.6. The molecule has 3 amide bonds. The molecule has 2 N–H and O–H groups in total. The summed E-state index contributed by atoms with van der Waals surface area (Å²) in [5, 5.41) is 12.0. The van der Waals surface area contributed by atoms with Crippen molar-refractivity contribution in [3.8, 4) is 11.4 Å². The summed E-state index contributed by atoms with van der Waals surface area (Å²) in [5.41, 5.74) is 0.689. The number of ether oxygens (including phenoxy) is 1. The monoisotopic (exact) mass is 606 g/mol. The van der Waals surface area contributed by atoms with E-state index < -0.39 is 37.7 Å². The maximum atomic E-state index is 13.7. The van der Waals surface area contributed by atoms with E-state index in [1.54, 1.807) is 28.0 Å². The van der Waals surface area contributed by atoms with Gasteiger partial charge in [-0.1, -0.05) is 30.3 Å². The molecule has 15 heteroatoms. The van der Waals surface area contributed by atoms with Crippen molar-refractivity contribution in [3.05, 3.63) is 42.1 Å². The molecule has 0 radical (unpaired) electrons. The Kier molecular flexibility index (Phi) is 12.2. The van der Waals surface area contributed by atoms with Crippen LogP contribution in [0, 0.1) is 0 Å². The van der Waals surface area contributed by atoms with E-state index in [9.17, 15) is 24.1 Å². The van der Waals surface area contributed by atoms with Gasteiger partial charge >= 0.3 is 13.7 Å². The van der Waals surface area contributed by atoms with Crippen molar-refractivity contribution in [2.75, 3.05) is 77.8 Å². The average Bonchev–Trinajstić information content (AvgIpc) is 2.99. The minimum absolute atomic E-state index is 0.000677. The van der Waals surface area contributed by atoms with E-state index in [-0.39, 0.29) is 45.1 Å². The van der Waals surface area contributed by atoms with Gasteiger partial charge in [-0.25, -0.2) is 14.8 Å². The summed E-state index contributed by atoms with van der Waals surface area (Å²) in [5.74, 6) is -0.432. The molecule has 14 nitrogen and oxygen atoms in total. The van der Waals surface area contributed by atoms with Crippen LogP contribution in [-0.4, -0.2) is 122 Å². The molecule has 0 spiro atoms. The zero-order valence-corrected chi connectivity index (χ0v) is 25.3. The van der Waals surface area contributed by atoms with Crippen LogP contribution in [0.15, 0.2) is 36.4 Å². The van der Waals surface area contributed by atoms with Crippen LogP contribution in [0.1, 0.15) is 24.3 Å². The fourth-order valence-electron chi connectivity index (χ4n) is 4.32. The molecular formula is C27H39N6O8P. The molecule has 0 aliphatic carbocycles. The van der Waals surface area contributed by atoms with Crippen LogP contribution >= 0.6 is 7.60 Å². The number of hydrogen-bond donors (Lipinski definition) is 2. The number of hydrogen-bond acceptors (Lipinski definition) is 10. The number of carbonyl (C=O) groups excluding carboxylic acids is 2. The molecule has 1 saturated heterocycles. The molecule has 1 aliphatic heterocycles. The molecule has 1 aromatic carbocycles. The van der Waals surface area contributed by atoms with E-state index in [2.05, 4.69) is 15.3 Å². The van der Waals surface area contributed by atoms with Crippen LogP contribution in [0.5, 0.6) is 0 Å². The summed E-state index contributed by atoms with van der Waals surface area (Å²) in [6.45, 7) is 4.84. The molecule has 230 valence electrons. The molecule has 1 fully saturated rings. The highest BCUT2D eigenvalue weighted by molar-refractivity contribution is 7.54. The molecule has 1 atom stereocenters. The molecule has 1 aliphatic rings. The van der Waals surface area contributed by atoms with Crippen molar-refractivity contribution < 1.29 is 37.8 Å². The van der Waals surface area contributed by atoms with Crippen molar-refractivity contribution in [1.82, 2.24) is 25.1 Å². The number of nitrogens with one attached hydrogen (secondary N) is 1. The zero-order valence-electron chi connectivity index (χ0n) is 24.4. The number of rotatable bonds is 14. The van der Waals surface area contributed by atoms with Crippen LogP contribution in [0.4, 0.5) is 10.6 Å². The summed E-state index contributed by atoms with van der Waals surface area (Å²) >= 11 is 0. The minimum Gasteiger partial charge on any atom is -0.465 e. The molecule has 1 aromatic heterocycles. The lowest BCUT2D eigenvalue weighted by molar-refractivity contribution is -0.134. The molecular weight excluding hydrogens is 567 g/mol. The fourth-order valence-corrected chi connectivity index (χ4v) is 6.09.